The molecule has 5 heteroatoms. The fraction of sp³-hybridized carbons (Fsp3) is 0.333. The first-order valence-corrected chi connectivity index (χ1v) is 6.83. The summed E-state index contributed by atoms with van der Waals surface area (Å²) in [6.07, 6.45) is 1.70. The van der Waals surface area contributed by atoms with Crippen molar-refractivity contribution >= 4 is 22.9 Å². The molecule has 0 fully saturated rings. The number of hydrogen-bond acceptors (Lipinski definition) is 4. The molecule has 2 rings (SSSR count). The Morgan fingerprint density at radius 3 is 2.65 bits per heavy atom. The molecule has 4 nitrogen and oxygen atoms in total. The van der Waals surface area contributed by atoms with Crippen molar-refractivity contribution in [2.24, 2.45) is 5.73 Å². The topological polar surface area (TPSA) is 55.3 Å². The molecule has 0 spiro atoms. The lowest BCUT2D eigenvalue weighted by molar-refractivity contribution is 0.529. The van der Waals surface area contributed by atoms with E-state index in [1.807, 2.05) is 40.0 Å². The van der Waals surface area contributed by atoms with Crippen molar-refractivity contribution in [3.05, 3.63) is 46.7 Å². The van der Waals surface area contributed by atoms with Crippen LogP contribution >= 0.6 is 12.2 Å². The average Bonchev–Trinajstić information content (AvgIpc) is 2.73. The largest absolute Gasteiger partial charge is 0.469 e. The van der Waals surface area contributed by atoms with Crippen molar-refractivity contribution in [2.45, 2.75) is 27.3 Å². The maximum absolute atomic E-state index is 5.85. The summed E-state index contributed by atoms with van der Waals surface area (Å²) >= 11 is 5.17. The average molecular weight is 289 g/mol. The first-order valence-electron chi connectivity index (χ1n) is 6.42. The fourth-order valence-corrected chi connectivity index (χ4v) is 2.58. The second-order valence-corrected chi connectivity index (χ2v) is 5.41. The van der Waals surface area contributed by atoms with Gasteiger partial charge in [0, 0.05) is 30.5 Å². The van der Waals surface area contributed by atoms with Gasteiger partial charge in [0.1, 0.15) is 10.7 Å². The van der Waals surface area contributed by atoms with Crippen LogP contribution in [0.15, 0.2) is 22.8 Å². The summed E-state index contributed by atoms with van der Waals surface area (Å²) in [6, 6.07) is 3.99. The number of anilines is 1. The summed E-state index contributed by atoms with van der Waals surface area (Å²) in [6.45, 7) is 6.60. The van der Waals surface area contributed by atoms with Crippen LogP contribution in [0.3, 0.4) is 0 Å². The van der Waals surface area contributed by atoms with Crippen LogP contribution in [-0.4, -0.2) is 17.0 Å². The molecular formula is C15H19N3OS. The van der Waals surface area contributed by atoms with E-state index in [0.29, 0.717) is 4.99 Å². The van der Waals surface area contributed by atoms with E-state index in [2.05, 4.69) is 9.88 Å². The molecule has 0 radical (unpaired) electrons. The van der Waals surface area contributed by atoms with Gasteiger partial charge in [0.05, 0.1) is 17.5 Å². The predicted octanol–water partition coefficient (Wildman–Crippen LogP) is 2.87. The Morgan fingerprint density at radius 1 is 1.40 bits per heavy atom. The Kier molecular flexibility index (Phi) is 4.09. The molecule has 2 heterocycles. The van der Waals surface area contributed by atoms with Gasteiger partial charge in [-0.3, -0.25) is 4.98 Å². The summed E-state index contributed by atoms with van der Waals surface area (Å²) < 4.78 is 5.34. The van der Waals surface area contributed by atoms with Crippen molar-refractivity contribution in [3.63, 3.8) is 0 Å². The van der Waals surface area contributed by atoms with Gasteiger partial charge in [-0.25, -0.2) is 0 Å². The van der Waals surface area contributed by atoms with E-state index in [1.54, 1.807) is 6.26 Å². The summed E-state index contributed by atoms with van der Waals surface area (Å²) in [5.41, 5.74) is 10.7. The van der Waals surface area contributed by atoms with Gasteiger partial charge in [-0.1, -0.05) is 12.2 Å². The number of aryl methyl sites for hydroxylation is 3. The molecule has 0 aliphatic rings. The second-order valence-electron chi connectivity index (χ2n) is 4.97. The number of pyridine rings is 1. The standard InChI is InChI=1S/C15H19N3OS/c1-9-7-13(14(15(16)20)10(2)17-9)18(4)8-12-5-6-19-11(12)3/h5-7H,8H2,1-4H3,(H2,16,20). The quantitative estimate of drug-likeness (QED) is 0.877. The van der Waals surface area contributed by atoms with Crippen molar-refractivity contribution in [1.29, 1.82) is 0 Å². The van der Waals surface area contributed by atoms with Gasteiger partial charge in [-0.05, 0) is 32.9 Å². The van der Waals surface area contributed by atoms with Crippen LogP contribution in [0, 0.1) is 20.8 Å². The molecule has 0 saturated carbocycles. The summed E-state index contributed by atoms with van der Waals surface area (Å²) in [5, 5.41) is 0. The van der Waals surface area contributed by atoms with E-state index < -0.39 is 0 Å². The van der Waals surface area contributed by atoms with Crippen LogP contribution in [0.2, 0.25) is 0 Å². The van der Waals surface area contributed by atoms with Gasteiger partial charge >= 0.3 is 0 Å². The highest BCUT2D eigenvalue weighted by atomic mass is 32.1. The number of thiocarbonyl (C=S) groups is 1. The Hall–Kier alpha value is -1.88. The molecule has 20 heavy (non-hydrogen) atoms. The number of furan rings is 1. The van der Waals surface area contributed by atoms with Crippen LogP contribution in [0.1, 0.15) is 28.3 Å². The minimum Gasteiger partial charge on any atom is -0.469 e. The summed E-state index contributed by atoms with van der Waals surface area (Å²) in [7, 11) is 2.02. The second kappa shape index (κ2) is 5.63. The Morgan fingerprint density at radius 2 is 2.10 bits per heavy atom. The van der Waals surface area contributed by atoms with Crippen molar-refractivity contribution in [3.8, 4) is 0 Å². The maximum atomic E-state index is 5.85. The number of nitrogens with two attached hydrogens (primary N) is 1. The monoisotopic (exact) mass is 289 g/mol. The van der Waals surface area contributed by atoms with Crippen LogP contribution in [0.25, 0.3) is 0 Å². The SMILES string of the molecule is Cc1cc(N(C)Cc2ccoc2C)c(C(N)=S)c(C)n1. The number of rotatable bonds is 4. The fourth-order valence-electron chi connectivity index (χ4n) is 2.33. The van der Waals surface area contributed by atoms with Gasteiger partial charge in [0.25, 0.3) is 0 Å². The van der Waals surface area contributed by atoms with Gasteiger partial charge in [0.2, 0.25) is 0 Å². The van der Waals surface area contributed by atoms with Crippen molar-refractivity contribution < 1.29 is 4.42 Å². The highest BCUT2D eigenvalue weighted by molar-refractivity contribution is 7.80. The van der Waals surface area contributed by atoms with E-state index in [1.165, 1.54) is 0 Å². The Balaban J connectivity index is 2.41. The van der Waals surface area contributed by atoms with Gasteiger partial charge in [-0.15, -0.1) is 0 Å². The molecule has 2 aromatic heterocycles. The van der Waals surface area contributed by atoms with Crippen molar-refractivity contribution in [2.75, 3.05) is 11.9 Å². The third-order valence-corrected chi connectivity index (χ3v) is 3.54. The first-order chi connectivity index (χ1) is 9.40. The molecule has 0 aliphatic carbocycles. The lowest BCUT2D eigenvalue weighted by atomic mass is 10.1. The van der Waals surface area contributed by atoms with E-state index in [9.17, 15) is 0 Å². The zero-order valence-electron chi connectivity index (χ0n) is 12.2. The Labute approximate surface area is 124 Å². The van der Waals surface area contributed by atoms with Crippen molar-refractivity contribution in [1.82, 2.24) is 4.98 Å². The van der Waals surface area contributed by atoms with E-state index in [0.717, 1.165) is 40.5 Å². The van der Waals surface area contributed by atoms with E-state index in [4.69, 9.17) is 22.4 Å². The van der Waals surface area contributed by atoms with E-state index >= 15 is 0 Å². The molecule has 0 aliphatic heterocycles. The minimum atomic E-state index is 0.376. The molecule has 0 saturated heterocycles. The smallest absolute Gasteiger partial charge is 0.107 e. The molecule has 0 unspecified atom stereocenters. The third-order valence-electron chi connectivity index (χ3n) is 3.34. The lowest BCUT2D eigenvalue weighted by Crippen LogP contribution is -2.23. The predicted molar refractivity (Wildman–Crippen MR) is 85.2 cm³/mol. The molecular weight excluding hydrogens is 270 g/mol. The minimum absolute atomic E-state index is 0.376. The number of aromatic nitrogens is 1. The maximum Gasteiger partial charge on any atom is 0.107 e. The molecule has 0 bridgehead atoms. The molecule has 0 amide bonds. The zero-order valence-corrected chi connectivity index (χ0v) is 13.0. The Bertz CT molecular complexity index is 649. The lowest BCUT2D eigenvalue weighted by Gasteiger charge is -2.23. The van der Waals surface area contributed by atoms with Crippen LogP contribution < -0.4 is 10.6 Å². The third kappa shape index (κ3) is 2.82. The highest BCUT2D eigenvalue weighted by Crippen LogP contribution is 2.25. The van der Waals surface area contributed by atoms with Gasteiger partial charge in [-0.2, -0.15) is 0 Å². The number of nitrogens with zero attached hydrogens (tertiary/aromatic N) is 2. The van der Waals surface area contributed by atoms with Gasteiger partial charge < -0.3 is 15.1 Å². The normalized spacial score (nSPS) is 10.6. The first kappa shape index (κ1) is 14.5. The van der Waals surface area contributed by atoms with Crippen LogP contribution in [-0.2, 0) is 6.54 Å². The summed E-state index contributed by atoms with van der Waals surface area (Å²) in [4.78, 5) is 6.93. The molecule has 2 aromatic rings. The number of hydrogen-bond donors (Lipinski definition) is 1. The zero-order chi connectivity index (χ0) is 14.9. The molecule has 106 valence electrons. The highest BCUT2D eigenvalue weighted by Gasteiger charge is 2.15. The van der Waals surface area contributed by atoms with Gasteiger partial charge in [0.15, 0.2) is 0 Å². The van der Waals surface area contributed by atoms with Crippen LogP contribution in [0.5, 0.6) is 0 Å². The molecule has 0 atom stereocenters. The van der Waals surface area contributed by atoms with E-state index in [-0.39, 0.29) is 0 Å². The van der Waals surface area contributed by atoms with Crippen LogP contribution in [0.4, 0.5) is 5.69 Å². The molecule has 2 N–H and O–H groups in total. The molecule has 0 aromatic carbocycles. The summed E-state index contributed by atoms with van der Waals surface area (Å²) in [5.74, 6) is 0.927.